The number of aryl methyl sites for hydroxylation is 1. The first-order valence-corrected chi connectivity index (χ1v) is 10.6. The number of benzene rings is 3. The predicted molar refractivity (Wildman–Crippen MR) is 120 cm³/mol. The average molecular weight is 386 g/mol. The maximum absolute atomic E-state index is 10.4. The number of hydrogen-bond acceptors (Lipinski definition) is 1. The van der Waals surface area contributed by atoms with Crippen LogP contribution in [0.1, 0.15) is 55.2 Å². The summed E-state index contributed by atoms with van der Waals surface area (Å²) in [5.41, 5.74) is 5.62. The van der Waals surface area contributed by atoms with Crippen LogP contribution in [0.4, 0.5) is 0 Å². The Balaban J connectivity index is 1.39. The van der Waals surface area contributed by atoms with Crippen molar-refractivity contribution in [3.8, 4) is 16.9 Å². The summed E-state index contributed by atoms with van der Waals surface area (Å²) in [5.74, 6) is 2.08. The number of carbonyl (C=O) groups excluding carboxylic acids is 1. The van der Waals surface area contributed by atoms with Gasteiger partial charge in [-0.25, -0.2) is 0 Å². The molecule has 1 aliphatic carbocycles. The Labute approximate surface area is 173 Å². The first kappa shape index (κ1) is 19.4. The minimum absolute atomic E-state index is 0.0584. The summed E-state index contributed by atoms with van der Waals surface area (Å²) in [6, 6.07) is 24.5. The van der Waals surface area contributed by atoms with Gasteiger partial charge in [0.2, 0.25) is 5.75 Å². The van der Waals surface area contributed by atoms with Crippen molar-refractivity contribution in [3.63, 3.8) is 0 Å². The third kappa shape index (κ3) is 4.76. The molecule has 148 valence electrons. The van der Waals surface area contributed by atoms with Crippen molar-refractivity contribution >= 4 is 5.97 Å². The minimum Gasteiger partial charge on any atom is -0.335 e. The van der Waals surface area contributed by atoms with E-state index in [-0.39, 0.29) is 5.97 Å². The molecule has 0 unspecified atom stereocenters. The second-order valence-electron chi connectivity index (χ2n) is 8.38. The van der Waals surface area contributed by atoms with Crippen LogP contribution in [0.3, 0.4) is 0 Å². The molecule has 0 atom stereocenters. The van der Waals surface area contributed by atoms with Crippen LogP contribution in [0, 0.1) is 12.8 Å². The molecule has 1 N–H and O–H groups in total. The normalized spacial score (nSPS) is 19.0. The van der Waals surface area contributed by atoms with Crippen molar-refractivity contribution in [2.24, 2.45) is 5.92 Å². The molecule has 0 saturated heterocycles. The highest BCUT2D eigenvalue weighted by atomic mass is 16.5. The van der Waals surface area contributed by atoms with Gasteiger partial charge in [-0.3, -0.25) is 4.74 Å². The Morgan fingerprint density at radius 2 is 1.31 bits per heavy atom. The van der Waals surface area contributed by atoms with Gasteiger partial charge in [-0.05, 0) is 72.6 Å². The molecule has 0 bridgehead atoms. The summed E-state index contributed by atoms with van der Waals surface area (Å²) in [4.78, 5) is 10.4. The van der Waals surface area contributed by atoms with E-state index in [1.807, 2.05) is 36.4 Å². The van der Waals surface area contributed by atoms with Crippen LogP contribution in [-0.4, -0.2) is 10.8 Å². The van der Waals surface area contributed by atoms with E-state index in [1.165, 1.54) is 42.4 Å². The van der Waals surface area contributed by atoms with Crippen LogP contribution < -0.4 is 4.74 Å². The molecule has 2 heteroatoms. The topological polar surface area (TPSA) is 30.6 Å². The van der Waals surface area contributed by atoms with Crippen LogP contribution in [0.5, 0.6) is 5.75 Å². The molecule has 0 radical (unpaired) electrons. The highest BCUT2D eigenvalue weighted by molar-refractivity contribution is 5.91. The second kappa shape index (κ2) is 8.65. The van der Waals surface area contributed by atoms with Crippen LogP contribution in [0.25, 0.3) is 11.1 Å². The first-order chi connectivity index (χ1) is 14.1. The van der Waals surface area contributed by atoms with Crippen molar-refractivity contribution in [2.45, 2.75) is 45.4 Å². The Bertz CT molecular complexity index is 945. The number of hydrogen-bond donors (Lipinski definition) is 0. The van der Waals surface area contributed by atoms with Crippen LogP contribution in [0.2, 0.25) is 0 Å². The average Bonchev–Trinajstić information content (AvgIpc) is 2.76. The summed E-state index contributed by atoms with van der Waals surface area (Å²) in [6.07, 6.45) is 5.15. The lowest BCUT2D eigenvalue weighted by Gasteiger charge is -2.26. The van der Waals surface area contributed by atoms with Gasteiger partial charge in [0.25, 0.3) is 0 Å². The molecule has 1 aliphatic rings. The monoisotopic (exact) mass is 385 g/mol. The molecular formula is C27H29O2+. The Hall–Kier alpha value is -2.87. The van der Waals surface area contributed by atoms with Gasteiger partial charge >= 0.3 is 5.97 Å². The molecular weight excluding hydrogens is 356 g/mol. The van der Waals surface area contributed by atoms with E-state index in [9.17, 15) is 4.79 Å². The van der Waals surface area contributed by atoms with E-state index in [4.69, 9.17) is 4.74 Å². The SMILES string of the molecule is Cc1ccc(-c2ccc(OC(=[OH+])c3ccc(C4CCC(C)CC4)cc3)cc2)cc1. The molecule has 1 saturated carbocycles. The third-order valence-electron chi connectivity index (χ3n) is 6.10. The van der Waals surface area contributed by atoms with E-state index in [1.54, 1.807) is 0 Å². The lowest BCUT2D eigenvalue weighted by atomic mass is 9.79. The summed E-state index contributed by atoms with van der Waals surface area (Å²) in [7, 11) is 0. The lowest BCUT2D eigenvalue weighted by molar-refractivity contribution is 0.348. The number of ether oxygens (including phenoxy) is 1. The van der Waals surface area contributed by atoms with Gasteiger partial charge in [0.1, 0.15) is 5.56 Å². The molecule has 3 aromatic carbocycles. The van der Waals surface area contributed by atoms with Crippen molar-refractivity contribution in [2.75, 3.05) is 0 Å². The second-order valence-corrected chi connectivity index (χ2v) is 8.38. The van der Waals surface area contributed by atoms with Gasteiger partial charge in [0, 0.05) is 12.1 Å². The highest BCUT2D eigenvalue weighted by Crippen LogP contribution is 2.35. The molecule has 0 aromatic heterocycles. The van der Waals surface area contributed by atoms with Gasteiger partial charge in [0.05, 0.1) is 0 Å². The molecule has 0 aliphatic heterocycles. The van der Waals surface area contributed by atoms with E-state index in [2.05, 4.69) is 50.2 Å². The molecule has 0 heterocycles. The summed E-state index contributed by atoms with van der Waals surface area (Å²) in [6.45, 7) is 4.43. The van der Waals surface area contributed by atoms with E-state index in [0.717, 1.165) is 11.5 Å². The summed E-state index contributed by atoms with van der Waals surface area (Å²) >= 11 is 0. The van der Waals surface area contributed by atoms with E-state index >= 15 is 0 Å². The van der Waals surface area contributed by atoms with E-state index < -0.39 is 0 Å². The fourth-order valence-corrected chi connectivity index (χ4v) is 4.12. The maximum Gasteiger partial charge on any atom is 0.523 e. The molecule has 1 fully saturated rings. The largest absolute Gasteiger partial charge is 0.523 e. The highest BCUT2D eigenvalue weighted by Gasteiger charge is 2.22. The lowest BCUT2D eigenvalue weighted by Crippen LogP contribution is -2.12. The fraction of sp³-hybridized carbons (Fsp3) is 0.296. The molecule has 0 spiro atoms. The van der Waals surface area contributed by atoms with Gasteiger partial charge in [0.15, 0.2) is 0 Å². The number of esters is 1. The molecule has 0 amide bonds. The van der Waals surface area contributed by atoms with Gasteiger partial charge in [-0.15, -0.1) is 0 Å². The summed E-state index contributed by atoms with van der Waals surface area (Å²) < 4.78 is 5.68. The van der Waals surface area contributed by atoms with Crippen molar-refractivity contribution < 1.29 is 9.53 Å². The first-order valence-electron chi connectivity index (χ1n) is 10.6. The molecule has 2 nitrogen and oxygen atoms in total. The van der Waals surface area contributed by atoms with Crippen LogP contribution in [0.15, 0.2) is 72.8 Å². The van der Waals surface area contributed by atoms with Gasteiger partial charge in [-0.1, -0.05) is 61.7 Å². The predicted octanol–water partition coefficient (Wildman–Crippen LogP) is 6.89. The third-order valence-corrected chi connectivity index (χ3v) is 6.10. The van der Waals surface area contributed by atoms with E-state index in [0.29, 0.717) is 17.2 Å². The number of rotatable bonds is 4. The quantitative estimate of drug-likeness (QED) is 0.273. The molecule has 3 aromatic rings. The summed E-state index contributed by atoms with van der Waals surface area (Å²) in [5, 5.41) is 0. The Morgan fingerprint density at radius 1 is 0.759 bits per heavy atom. The zero-order valence-corrected chi connectivity index (χ0v) is 17.3. The fourth-order valence-electron chi connectivity index (χ4n) is 4.12. The van der Waals surface area contributed by atoms with Gasteiger partial charge < -0.3 is 4.79 Å². The van der Waals surface area contributed by atoms with Crippen molar-refractivity contribution in [1.29, 1.82) is 0 Å². The Kier molecular flexibility index (Phi) is 5.80. The molecule has 4 rings (SSSR count). The maximum atomic E-state index is 10.4. The zero-order valence-electron chi connectivity index (χ0n) is 17.3. The zero-order chi connectivity index (χ0) is 20.2. The Morgan fingerprint density at radius 3 is 1.90 bits per heavy atom. The standard InChI is InChI=1S/C27H28O2/c1-19-3-7-21(8-4-19)23-11-13-25(14-12-23)27(28)29-26-17-15-24(16-18-26)22-9-5-20(2)6-10-22/h5-6,9-19,21H,3-4,7-8H2,1-2H3/p+1. The van der Waals surface area contributed by atoms with Crippen molar-refractivity contribution in [1.82, 2.24) is 0 Å². The smallest absolute Gasteiger partial charge is 0.335 e. The van der Waals surface area contributed by atoms with Crippen LogP contribution >= 0.6 is 0 Å². The van der Waals surface area contributed by atoms with Gasteiger partial charge in [-0.2, -0.15) is 0 Å². The van der Waals surface area contributed by atoms with Crippen LogP contribution in [-0.2, 0) is 0 Å². The molecule has 29 heavy (non-hydrogen) atoms. The van der Waals surface area contributed by atoms with Crippen molar-refractivity contribution in [3.05, 3.63) is 89.5 Å². The minimum atomic E-state index is -0.0584.